The van der Waals surface area contributed by atoms with Crippen LogP contribution in [0.2, 0.25) is 0 Å². The molecule has 0 bridgehead atoms. The summed E-state index contributed by atoms with van der Waals surface area (Å²) in [5, 5.41) is 0.727. The summed E-state index contributed by atoms with van der Waals surface area (Å²) >= 11 is 0. The smallest absolute Gasteiger partial charge is 0.181 e. The average molecular weight is 275 g/mol. The normalized spacial score (nSPS) is 15.8. The van der Waals surface area contributed by atoms with Crippen molar-refractivity contribution in [3.05, 3.63) is 30.2 Å². The quantitative estimate of drug-likeness (QED) is 0.871. The first-order valence-electron chi connectivity index (χ1n) is 6.93. The van der Waals surface area contributed by atoms with Gasteiger partial charge in [-0.1, -0.05) is 0 Å². The van der Waals surface area contributed by atoms with Gasteiger partial charge in [0.05, 0.1) is 0 Å². The molecule has 0 aliphatic carbocycles. The van der Waals surface area contributed by atoms with Crippen molar-refractivity contribution in [3.8, 4) is 5.75 Å². The first-order chi connectivity index (χ1) is 9.75. The third-order valence-corrected chi connectivity index (χ3v) is 3.69. The van der Waals surface area contributed by atoms with Crippen LogP contribution in [0.25, 0.3) is 10.9 Å². The summed E-state index contributed by atoms with van der Waals surface area (Å²) in [6, 6.07) is 4.91. The molecule has 1 aromatic carbocycles. The van der Waals surface area contributed by atoms with Gasteiger partial charge in [0.25, 0.3) is 0 Å². The third kappa shape index (κ3) is 2.54. The summed E-state index contributed by atoms with van der Waals surface area (Å²) in [4.78, 5) is 6.52. The van der Waals surface area contributed by atoms with Crippen molar-refractivity contribution in [2.75, 3.05) is 32.0 Å². The minimum Gasteiger partial charge on any atom is -0.487 e. The molecular weight excluding hydrogens is 257 g/mol. The zero-order chi connectivity index (χ0) is 13.9. The molecule has 5 heteroatoms. The zero-order valence-electron chi connectivity index (χ0n) is 11.3. The average Bonchev–Trinajstić information content (AvgIpc) is 2.96. The van der Waals surface area contributed by atoms with Gasteiger partial charge in [-0.3, -0.25) is 9.88 Å². The van der Waals surface area contributed by atoms with Gasteiger partial charge in [-0.05, 0) is 38.1 Å². The Morgan fingerprint density at radius 3 is 2.95 bits per heavy atom. The second kappa shape index (κ2) is 5.63. The van der Waals surface area contributed by atoms with Crippen molar-refractivity contribution in [2.24, 2.45) is 0 Å². The van der Waals surface area contributed by atoms with E-state index in [9.17, 15) is 4.39 Å². The SMILES string of the molecule is Nc1cc(F)c(OCCN2CCCC2)c2ncccc12. The number of nitrogens with zero attached hydrogens (tertiary/aromatic N) is 2. The van der Waals surface area contributed by atoms with E-state index in [-0.39, 0.29) is 5.75 Å². The van der Waals surface area contributed by atoms with Crippen molar-refractivity contribution in [3.63, 3.8) is 0 Å². The number of pyridine rings is 1. The molecule has 1 aliphatic heterocycles. The van der Waals surface area contributed by atoms with E-state index >= 15 is 0 Å². The maximum Gasteiger partial charge on any atom is 0.181 e. The van der Waals surface area contributed by atoms with Crippen LogP contribution in [0, 0.1) is 5.82 Å². The summed E-state index contributed by atoms with van der Waals surface area (Å²) in [6.45, 7) is 3.49. The number of nitrogens with two attached hydrogens (primary N) is 1. The van der Waals surface area contributed by atoms with Crippen LogP contribution in [0.1, 0.15) is 12.8 Å². The van der Waals surface area contributed by atoms with Gasteiger partial charge >= 0.3 is 0 Å². The van der Waals surface area contributed by atoms with E-state index in [2.05, 4.69) is 9.88 Å². The molecule has 2 aromatic rings. The zero-order valence-corrected chi connectivity index (χ0v) is 11.3. The Labute approximate surface area is 117 Å². The van der Waals surface area contributed by atoms with Crippen LogP contribution in [0.5, 0.6) is 5.75 Å². The van der Waals surface area contributed by atoms with Crippen molar-refractivity contribution < 1.29 is 9.13 Å². The van der Waals surface area contributed by atoms with Gasteiger partial charge in [-0.15, -0.1) is 0 Å². The number of nitrogen functional groups attached to an aromatic ring is 1. The Bertz CT molecular complexity index is 611. The van der Waals surface area contributed by atoms with Crippen molar-refractivity contribution >= 4 is 16.6 Å². The number of anilines is 1. The number of aromatic nitrogens is 1. The second-order valence-corrected chi connectivity index (χ2v) is 5.07. The van der Waals surface area contributed by atoms with Crippen LogP contribution < -0.4 is 10.5 Å². The van der Waals surface area contributed by atoms with Gasteiger partial charge in [-0.25, -0.2) is 4.39 Å². The molecule has 0 unspecified atom stereocenters. The largest absolute Gasteiger partial charge is 0.487 e. The number of hydrogen-bond acceptors (Lipinski definition) is 4. The highest BCUT2D eigenvalue weighted by Gasteiger charge is 2.15. The fourth-order valence-electron chi connectivity index (χ4n) is 2.63. The van der Waals surface area contributed by atoms with Gasteiger partial charge < -0.3 is 10.5 Å². The maximum atomic E-state index is 14.0. The van der Waals surface area contributed by atoms with Crippen LogP contribution in [-0.4, -0.2) is 36.1 Å². The number of fused-ring (bicyclic) bond motifs is 1. The summed E-state index contributed by atoms with van der Waals surface area (Å²) < 4.78 is 19.7. The minimum absolute atomic E-state index is 0.203. The molecule has 0 saturated carbocycles. The van der Waals surface area contributed by atoms with E-state index in [1.807, 2.05) is 6.07 Å². The van der Waals surface area contributed by atoms with E-state index in [0.717, 1.165) is 25.0 Å². The molecule has 1 aromatic heterocycles. The Hall–Kier alpha value is -1.88. The van der Waals surface area contributed by atoms with Crippen LogP contribution >= 0.6 is 0 Å². The Morgan fingerprint density at radius 1 is 1.35 bits per heavy atom. The number of benzene rings is 1. The van der Waals surface area contributed by atoms with E-state index in [1.165, 1.54) is 18.9 Å². The minimum atomic E-state index is -0.449. The highest BCUT2D eigenvalue weighted by Crippen LogP contribution is 2.31. The standard InChI is InChI=1S/C15H18FN3O/c16-12-10-13(17)11-4-3-5-18-14(11)15(12)20-9-8-19-6-1-2-7-19/h3-5,10H,1-2,6-9,17H2. The number of rotatable bonds is 4. The fourth-order valence-corrected chi connectivity index (χ4v) is 2.63. The fraction of sp³-hybridized carbons (Fsp3) is 0.400. The van der Waals surface area contributed by atoms with Crippen molar-refractivity contribution in [1.82, 2.24) is 9.88 Å². The molecule has 1 saturated heterocycles. The lowest BCUT2D eigenvalue weighted by molar-refractivity contribution is 0.233. The summed E-state index contributed by atoms with van der Waals surface area (Å²) in [5.41, 5.74) is 6.69. The molecular formula is C15H18FN3O. The second-order valence-electron chi connectivity index (χ2n) is 5.07. The predicted octanol–water partition coefficient (Wildman–Crippen LogP) is 2.43. The first kappa shape index (κ1) is 13.1. The van der Waals surface area contributed by atoms with Gasteiger partial charge in [0.15, 0.2) is 11.6 Å². The molecule has 0 amide bonds. The first-order valence-corrected chi connectivity index (χ1v) is 6.93. The number of halogens is 1. The molecule has 0 spiro atoms. The lowest BCUT2D eigenvalue weighted by Gasteiger charge is -2.16. The van der Waals surface area contributed by atoms with Gasteiger partial charge in [0.2, 0.25) is 0 Å². The van der Waals surface area contributed by atoms with Gasteiger partial charge in [0, 0.05) is 29.9 Å². The van der Waals surface area contributed by atoms with Gasteiger partial charge in [0.1, 0.15) is 12.1 Å². The lowest BCUT2D eigenvalue weighted by atomic mass is 10.1. The van der Waals surface area contributed by atoms with Crippen LogP contribution in [-0.2, 0) is 0 Å². The van der Waals surface area contributed by atoms with Crippen LogP contribution in [0.15, 0.2) is 24.4 Å². The number of ether oxygens (including phenoxy) is 1. The molecule has 106 valence electrons. The van der Waals surface area contributed by atoms with Crippen LogP contribution in [0.3, 0.4) is 0 Å². The number of likely N-dealkylation sites (tertiary alicyclic amines) is 1. The Kier molecular flexibility index (Phi) is 3.69. The Balaban J connectivity index is 1.79. The van der Waals surface area contributed by atoms with Crippen LogP contribution in [0.4, 0.5) is 10.1 Å². The maximum absolute atomic E-state index is 14.0. The van der Waals surface area contributed by atoms with E-state index < -0.39 is 5.82 Å². The summed E-state index contributed by atoms with van der Waals surface area (Å²) in [6.07, 6.45) is 4.09. The molecule has 1 fully saturated rings. The molecule has 3 rings (SSSR count). The van der Waals surface area contributed by atoms with Crippen molar-refractivity contribution in [1.29, 1.82) is 0 Å². The third-order valence-electron chi connectivity index (χ3n) is 3.69. The summed E-state index contributed by atoms with van der Waals surface area (Å²) in [7, 11) is 0. The monoisotopic (exact) mass is 275 g/mol. The number of hydrogen-bond donors (Lipinski definition) is 1. The topological polar surface area (TPSA) is 51.4 Å². The van der Waals surface area contributed by atoms with E-state index in [0.29, 0.717) is 17.8 Å². The molecule has 0 atom stereocenters. The summed E-state index contributed by atoms with van der Waals surface area (Å²) in [5.74, 6) is -0.246. The highest BCUT2D eigenvalue weighted by molar-refractivity contribution is 5.94. The molecule has 2 heterocycles. The lowest BCUT2D eigenvalue weighted by Crippen LogP contribution is -2.25. The van der Waals surface area contributed by atoms with E-state index in [1.54, 1.807) is 12.3 Å². The predicted molar refractivity (Wildman–Crippen MR) is 77.3 cm³/mol. The Morgan fingerprint density at radius 2 is 2.15 bits per heavy atom. The van der Waals surface area contributed by atoms with Gasteiger partial charge in [-0.2, -0.15) is 0 Å². The molecule has 0 radical (unpaired) electrons. The molecule has 4 nitrogen and oxygen atoms in total. The molecule has 2 N–H and O–H groups in total. The molecule has 1 aliphatic rings. The molecule has 20 heavy (non-hydrogen) atoms. The van der Waals surface area contributed by atoms with E-state index in [4.69, 9.17) is 10.5 Å². The highest BCUT2D eigenvalue weighted by atomic mass is 19.1. The van der Waals surface area contributed by atoms with Crippen molar-refractivity contribution in [2.45, 2.75) is 12.8 Å².